The number of carboxylic acid groups (broad SMARTS) is 2. The Morgan fingerprint density at radius 2 is 1.18 bits per heavy atom. The third-order valence-corrected chi connectivity index (χ3v) is 5.56. The lowest BCUT2D eigenvalue weighted by atomic mass is 10.0. The van der Waals surface area contributed by atoms with Crippen molar-refractivity contribution < 1.29 is 57.8 Å². The van der Waals surface area contributed by atoms with Crippen LogP contribution in [0.5, 0.6) is 0 Å². The maximum atomic E-state index is 11.5. The molecule has 0 atom stereocenters. The van der Waals surface area contributed by atoms with E-state index in [1.54, 1.807) is 60.7 Å². The second kappa shape index (κ2) is 13.1. The molecule has 3 aromatic rings. The van der Waals surface area contributed by atoms with Gasteiger partial charge in [-0.05, 0) is 13.8 Å². The van der Waals surface area contributed by atoms with Crippen molar-refractivity contribution >= 4 is 11.9 Å². The van der Waals surface area contributed by atoms with Crippen LogP contribution in [-0.2, 0) is 0 Å². The summed E-state index contributed by atoms with van der Waals surface area (Å²) in [6.45, 7) is 7.71. The van der Waals surface area contributed by atoms with Crippen LogP contribution in [0, 0.1) is 0 Å². The number of aromatic carboxylic acids is 2. The second-order valence-corrected chi connectivity index (χ2v) is 7.52. The monoisotopic (exact) mass is 565 g/mol. The summed E-state index contributed by atoms with van der Waals surface area (Å²) in [5.74, 6) is -3.39. The average molecular weight is 565 g/mol. The van der Waals surface area contributed by atoms with Crippen LogP contribution < -0.4 is 34.2 Å². The molecule has 1 heterocycles. The predicted molar refractivity (Wildman–Crippen MR) is 117 cm³/mol. The van der Waals surface area contributed by atoms with Gasteiger partial charge in [-0.25, -0.2) is 0 Å². The summed E-state index contributed by atoms with van der Waals surface area (Å²) < 4.78 is 6.58. The van der Waals surface area contributed by atoms with E-state index in [0.717, 1.165) is 24.1 Å². The Kier molecular flexibility index (Phi) is 11.3. The van der Waals surface area contributed by atoms with Gasteiger partial charge in [-0.15, -0.1) is 0 Å². The van der Waals surface area contributed by atoms with Gasteiger partial charge in [0.1, 0.15) is 18.1 Å². The number of hydrogen-bond donors (Lipinski definition) is 1. The van der Waals surface area contributed by atoms with Crippen LogP contribution >= 0.6 is 0 Å². The first-order valence-corrected chi connectivity index (χ1v) is 10.4. The van der Waals surface area contributed by atoms with Crippen LogP contribution in [0.25, 0.3) is 22.6 Å². The molecule has 0 aliphatic heterocycles. The molecule has 0 unspecified atom stereocenters. The van der Waals surface area contributed by atoms with Gasteiger partial charge in [0, 0.05) is 11.1 Å². The number of carbonyl (C=O) groups is 2. The van der Waals surface area contributed by atoms with E-state index in [0.29, 0.717) is 17.7 Å². The van der Waals surface area contributed by atoms with Crippen LogP contribution in [0.2, 0.25) is 0 Å². The molecule has 0 amide bonds. The zero-order valence-corrected chi connectivity index (χ0v) is 21.1. The fraction of sp³-hybridized carbons (Fsp3) is 0.280. The zero-order valence-electron chi connectivity index (χ0n) is 18.9. The average Bonchev–Trinajstić information content (AvgIpc) is 3.22. The smallest absolute Gasteiger partial charge is 0.144 e. The van der Waals surface area contributed by atoms with Gasteiger partial charge in [-0.1, -0.05) is 60.7 Å². The highest BCUT2D eigenvalue weighted by Gasteiger charge is 2.24. The number of benzene rings is 2. The topological polar surface area (TPSA) is 114 Å². The number of likely N-dealkylation sites (N-methyl/N-ethyl adjacent to an activating group) is 1. The molecule has 1 N–H and O–H groups in total. The molecule has 1 aromatic heterocycles. The van der Waals surface area contributed by atoms with E-state index in [-0.39, 0.29) is 35.5 Å². The molecule has 0 fully saturated rings. The Labute approximate surface area is 210 Å². The standard InChI is InChI=1S/C18H12O5.C7H18NO.HI/c19-17(20)13-14(18(21)22)16(12-9-5-2-6-10-12)23-15(13)11-7-3-1-4-8-11;1-4-8(3,5-2)6-7-9;/h1-10H,(H,19,20)(H,21,22);9H,4-7H2,1-3H3;1H/q;+1;/p-3. The number of aliphatic hydroxyl groups excluding tert-OH is 1. The van der Waals surface area contributed by atoms with Crippen LogP contribution in [0.15, 0.2) is 65.1 Å². The largest absolute Gasteiger partial charge is 1.00 e. The minimum absolute atomic E-state index is 0. The number of carboxylic acids is 2. The van der Waals surface area contributed by atoms with Gasteiger partial charge in [0.2, 0.25) is 0 Å². The normalized spacial score (nSPS) is 10.5. The lowest BCUT2D eigenvalue weighted by Crippen LogP contribution is -3.00. The number of halogens is 1. The first-order valence-electron chi connectivity index (χ1n) is 10.4. The quantitative estimate of drug-likeness (QED) is 0.272. The lowest BCUT2D eigenvalue weighted by molar-refractivity contribution is -0.906. The SMILES string of the molecule is CC[N+](C)(CC)CCO.O=C([O-])c1c(-c2ccccc2)oc(-c2ccccc2)c1C(=O)[O-].[I-]. The van der Waals surface area contributed by atoms with Crippen molar-refractivity contribution in [2.75, 3.05) is 33.3 Å². The molecule has 0 saturated heterocycles. The third kappa shape index (κ3) is 7.15. The molecule has 0 saturated carbocycles. The summed E-state index contributed by atoms with van der Waals surface area (Å²) in [6, 6.07) is 16.8. The van der Waals surface area contributed by atoms with E-state index in [2.05, 4.69) is 20.9 Å². The minimum Gasteiger partial charge on any atom is -1.00 e. The Balaban J connectivity index is 0.000000467. The maximum absolute atomic E-state index is 11.5. The Bertz CT molecular complexity index is 958. The van der Waals surface area contributed by atoms with Gasteiger partial charge in [-0.3, -0.25) is 0 Å². The van der Waals surface area contributed by atoms with Crippen molar-refractivity contribution in [3.8, 4) is 22.6 Å². The molecular weight excluding hydrogens is 537 g/mol. The minimum atomic E-state index is -1.63. The van der Waals surface area contributed by atoms with Crippen molar-refractivity contribution in [3.63, 3.8) is 0 Å². The van der Waals surface area contributed by atoms with Gasteiger partial charge >= 0.3 is 0 Å². The van der Waals surface area contributed by atoms with Crippen LogP contribution in [0.4, 0.5) is 0 Å². The summed E-state index contributed by atoms with van der Waals surface area (Å²) in [6.07, 6.45) is 0. The van der Waals surface area contributed by atoms with E-state index in [1.165, 1.54) is 0 Å². The molecule has 3 rings (SSSR count). The highest BCUT2D eigenvalue weighted by Crippen LogP contribution is 2.36. The Hall–Kier alpha value is -2.69. The van der Waals surface area contributed by atoms with E-state index >= 15 is 0 Å². The van der Waals surface area contributed by atoms with Gasteiger partial charge in [0.05, 0.1) is 49.8 Å². The van der Waals surface area contributed by atoms with Crippen molar-refractivity contribution in [2.45, 2.75) is 13.8 Å². The summed E-state index contributed by atoms with van der Waals surface area (Å²) in [5, 5.41) is 31.7. The molecule has 178 valence electrons. The van der Waals surface area contributed by atoms with Crippen LogP contribution in [0.1, 0.15) is 34.6 Å². The third-order valence-electron chi connectivity index (χ3n) is 5.56. The van der Waals surface area contributed by atoms with E-state index in [1.807, 2.05) is 0 Å². The van der Waals surface area contributed by atoms with Crippen molar-refractivity contribution in [1.29, 1.82) is 0 Å². The Morgan fingerprint density at radius 3 is 1.42 bits per heavy atom. The number of furan rings is 1. The molecule has 0 aliphatic carbocycles. The first-order chi connectivity index (χ1) is 15.3. The summed E-state index contributed by atoms with van der Waals surface area (Å²) in [4.78, 5) is 23.0. The summed E-state index contributed by atoms with van der Waals surface area (Å²) in [5.41, 5.74) is -0.155. The highest BCUT2D eigenvalue weighted by atomic mass is 127. The zero-order chi connectivity index (χ0) is 23.7. The fourth-order valence-electron chi connectivity index (χ4n) is 3.19. The number of aliphatic hydroxyl groups is 1. The predicted octanol–water partition coefficient (Wildman–Crippen LogP) is -1.19. The number of quaternary nitrogens is 1. The van der Waals surface area contributed by atoms with Gasteiger partial charge < -0.3 is 57.8 Å². The highest BCUT2D eigenvalue weighted by molar-refractivity contribution is 6.08. The molecule has 0 aliphatic rings. The van der Waals surface area contributed by atoms with Gasteiger partial charge in [0.25, 0.3) is 0 Å². The van der Waals surface area contributed by atoms with Crippen molar-refractivity contribution in [1.82, 2.24) is 0 Å². The summed E-state index contributed by atoms with van der Waals surface area (Å²) in [7, 11) is 2.16. The van der Waals surface area contributed by atoms with E-state index in [4.69, 9.17) is 9.52 Å². The van der Waals surface area contributed by atoms with Crippen molar-refractivity contribution in [3.05, 3.63) is 71.8 Å². The first kappa shape index (κ1) is 28.3. The molecule has 2 aromatic carbocycles. The molecule has 0 bridgehead atoms. The van der Waals surface area contributed by atoms with E-state index in [9.17, 15) is 19.8 Å². The second-order valence-electron chi connectivity index (χ2n) is 7.52. The number of rotatable bonds is 8. The molecule has 0 spiro atoms. The molecule has 7 nitrogen and oxygen atoms in total. The maximum Gasteiger partial charge on any atom is 0.144 e. The van der Waals surface area contributed by atoms with Crippen LogP contribution in [0.3, 0.4) is 0 Å². The Morgan fingerprint density at radius 1 is 0.818 bits per heavy atom. The molecule has 0 radical (unpaired) electrons. The van der Waals surface area contributed by atoms with Crippen molar-refractivity contribution in [2.24, 2.45) is 0 Å². The molecule has 33 heavy (non-hydrogen) atoms. The van der Waals surface area contributed by atoms with Gasteiger partial charge in [-0.2, -0.15) is 0 Å². The van der Waals surface area contributed by atoms with Gasteiger partial charge in [0.15, 0.2) is 0 Å². The number of nitrogens with zero attached hydrogens (tertiary/aromatic N) is 1. The molecule has 8 heteroatoms. The summed E-state index contributed by atoms with van der Waals surface area (Å²) >= 11 is 0. The van der Waals surface area contributed by atoms with E-state index < -0.39 is 23.1 Å². The fourth-order valence-corrected chi connectivity index (χ4v) is 3.19. The van der Waals surface area contributed by atoms with Crippen LogP contribution in [-0.4, -0.2) is 54.8 Å². The number of carbonyl (C=O) groups excluding carboxylic acids is 2. The number of hydrogen-bond acceptors (Lipinski definition) is 6. The molecular formula is C25H28INO6-2. The lowest BCUT2D eigenvalue weighted by Gasteiger charge is -2.31.